The Bertz CT molecular complexity index is 980. The summed E-state index contributed by atoms with van der Waals surface area (Å²) in [5.41, 5.74) is 4.80. The highest BCUT2D eigenvalue weighted by molar-refractivity contribution is 6.32. The number of rotatable bonds is 6. The Hall–Kier alpha value is -2.79. The van der Waals surface area contributed by atoms with Gasteiger partial charge in [-0.15, -0.1) is 0 Å². The third-order valence-corrected chi connectivity index (χ3v) is 5.09. The highest BCUT2D eigenvalue weighted by Crippen LogP contribution is 2.26. The molecule has 3 rings (SSSR count). The van der Waals surface area contributed by atoms with E-state index in [1.165, 1.54) is 0 Å². The average Bonchev–Trinajstić information content (AvgIpc) is 3.00. The Morgan fingerprint density at radius 3 is 2.54 bits per heavy atom. The van der Waals surface area contributed by atoms with Gasteiger partial charge < -0.3 is 9.64 Å². The lowest BCUT2D eigenvalue weighted by Gasteiger charge is -2.17. The van der Waals surface area contributed by atoms with Gasteiger partial charge in [0, 0.05) is 37.5 Å². The number of benzene rings is 2. The minimum Gasteiger partial charge on any atom is -0.487 e. The van der Waals surface area contributed by atoms with Crippen molar-refractivity contribution < 1.29 is 9.53 Å². The van der Waals surface area contributed by atoms with Crippen molar-refractivity contribution in [3.63, 3.8) is 0 Å². The average molecular weight is 398 g/mol. The van der Waals surface area contributed by atoms with Gasteiger partial charge in [0.2, 0.25) is 0 Å². The number of amides is 1. The topological polar surface area (TPSA) is 47.4 Å². The summed E-state index contributed by atoms with van der Waals surface area (Å²) in [4.78, 5) is 14.4. The number of nitrogens with zero attached hydrogens (tertiary/aromatic N) is 3. The van der Waals surface area contributed by atoms with Crippen molar-refractivity contribution in [1.29, 1.82) is 0 Å². The minimum atomic E-state index is -0.0301. The first-order valence-corrected chi connectivity index (χ1v) is 9.44. The number of halogens is 1. The zero-order chi connectivity index (χ0) is 20.3. The second kappa shape index (κ2) is 8.48. The number of ether oxygens (including phenoxy) is 1. The summed E-state index contributed by atoms with van der Waals surface area (Å²) in [6.07, 6.45) is 1.80. The monoisotopic (exact) mass is 397 g/mol. The van der Waals surface area contributed by atoms with Gasteiger partial charge in [-0.3, -0.25) is 9.48 Å². The SMILES string of the molecule is Cc1ccc(Cl)c(OCc2ccc(C(=O)N(C)Cc3cnn(C)c3C)cc2)c1. The first-order chi connectivity index (χ1) is 13.3. The molecule has 2 aromatic carbocycles. The quantitative estimate of drug-likeness (QED) is 0.613. The highest BCUT2D eigenvalue weighted by Gasteiger charge is 2.14. The molecule has 0 fully saturated rings. The highest BCUT2D eigenvalue weighted by atomic mass is 35.5. The van der Waals surface area contributed by atoms with Crippen LogP contribution in [-0.2, 0) is 20.2 Å². The summed E-state index contributed by atoms with van der Waals surface area (Å²) >= 11 is 6.16. The molecule has 1 amide bonds. The van der Waals surface area contributed by atoms with Crippen LogP contribution in [-0.4, -0.2) is 27.6 Å². The fraction of sp³-hybridized carbons (Fsp3) is 0.273. The Kier molecular flexibility index (Phi) is 6.05. The second-order valence-corrected chi connectivity index (χ2v) is 7.37. The smallest absolute Gasteiger partial charge is 0.253 e. The number of aromatic nitrogens is 2. The van der Waals surface area contributed by atoms with Crippen LogP contribution in [0.25, 0.3) is 0 Å². The summed E-state index contributed by atoms with van der Waals surface area (Å²) in [5, 5.41) is 4.81. The number of hydrogen-bond acceptors (Lipinski definition) is 3. The van der Waals surface area contributed by atoms with E-state index in [-0.39, 0.29) is 5.91 Å². The van der Waals surface area contributed by atoms with E-state index in [1.54, 1.807) is 18.1 Å². The molecule has 0 saturated heterocycles. The van der Waals surface area contributed by atoms with Crippen molar-refractivity contribution in [2.45, 2.75) is 27.0 Å². The Morgan fingerprint density at radius 1 is 1.18 bits per heavy atom. The van der Waals surface area contributed by atoms with Gasteiger partial charge in [0.05, 0.1) is 11.2 Å². The second-order valence-electron chi connectivity index (χ2n) is 6.96. The molecule has 28 heavy (non-hydrogen) atoms. The summed E-state index contributed by atoms with van der Waals surface area (Å²) in [6, 6.07) is 13.1. The van der Waals surface area contributed by atoms with Gasteiger partial charge in [-0.05, 0) is 49.2 Å². The van der Waals surface area contributed by atoms with E-state index >= 15 is 0 Å². The van der Waals surface area contributed by atoms with E-state index in [9.17, 15) is 4.79 Å². The lowest BCUT2D eigenvalue weighted by atomic mass is 10.1. The number of hydrogen-bond donors (Lipinski definition) is 0. The van der Waals surface area contributed by atoms with Crippen molar-refractivity contribution >= 4 is 17.5 Å². The first kappa shape index (κ1) is 20.0. The molecule has 1 aromatic heterocycles. The molecule has 0 radical (unpaired) electrons. The van der Waals surface area contributed by atoms with Crippen LogP contribution < -0.4 is 4.74 Å². The van der Waals surface area contributed by atoms with E-state index < -0.39 is 0 Å². The lowest BCUT2D eigenvalue weighted by Crippen LogP contribution is -2.26. The Labute approximate surface area is 170 Å². The molecular formula is C22H24ClN3O2. The number of carbonyl (C=O) groups is 1. The molecule has 3 aromatic rings. The zero-order valence-electron chi connectivity index (χ0n) is 16.6. The van der Waals surface area contributed by atoms with Crippen LogP contribution in [0.2, 0.25) is 5.02 Å². The van der Waals surface area contributed by atoms with E-state index in [4.69, 9.17) is 16.3 Å². The lowest BCUT2D eigenvalue weighted by molar-refractivity contribution is 0.0785. The van der Waals surface area contributed by atoms with Gasteiger partial charge in [-0.2, -0.15) is 5.10 Å². The van der Waals surface area contributed by atoms with Gasteiger partial charge in [-0.25, -0.2) is 0 Å². The summed E-state index contributed by atoms with van der Waals surface area (Å²) in [7, 11) is 3.69. The molecule has 146 valence electrons. The number of carbonyl (C=O) groups excluding carboxylic acids is 1. The third kappa shape index (κ3) is 4.54. The van der Waals surface area contributed by atoms with Crippen LogP contribution in [0.4, 0.5) is 0 Å². The van der Waals surface area contributed by atoms with Gasteiger partial charge in [0.25, 0.3) is 5.91 Å². The maximum atomic E-state index is 12.7. The predicted octanol–water partition coefficient (Wildman–Crippen LogP) is 4.54. The molecule has 0 aliphatic carbocycles. The Balaban J connectivity index is 1.62. The molecular weight excluding hydrogens is 374 g/mol. The number of aryl methyl sites for hydroxylation is 2. The molecule has 5 nitrogen and oxygen atoms in total. The van der Waals surface area contributed by atoms with E-state index in [0.717, 1.165) is 22.4 Å². The van der Waals surface area contributed by atoms with Crippen LogP contribution in [0.3, 0.4) is 0 Å². The van der Waals surface area contributed by atoms with E-state index in [1.807, 2.05) is 68.0 Å². The predicted molar refractivity (Wildman–Crippen MR) is 111 cm³/mol. The molecule has 0 aliphatic rings. The fourth-order valence-corrected chi connectivity index (χ4v) is 3.05. The summed E-state index contributed by atoms with van der Waals surface area (Å²) < 4.78 is 7.62. The maximum absolute atomic E-state index is 12.7. The van der Waals surface area contributed by atoms with Crippen molar-refractivity contribution in [2.75, 3.05) is 7.05 Å². The van der Waals surface area contributed by atoms with Crippen molar-refractivity contribution in [1.82, 2.24) is 14.7 Å². The van der Waals surface area contributed by atoms with Crippen LogP contribution in [0, 0.1) is 13.8 Å². The van der Waals surface area contributed by atoms with Crippen LogP contribution >= 0.6 is 11.6 Å². The van der Waals surface area contributed by atoms with Gasteiger partial charge in [0.15, 0.2) is 0 Å². The molecule has 0 N–H and O–H groups in total. The van der Waals surface area contributed by atoms with Gasteiger partial charge in [-0.1, -0.05) is 29.8 Å². The molecule has 0 saturated carbocycles. The third-order valence-electron chi connectivity index (χ3n) is 4.77. The molecule has 0 atom stereocenters. The van der Waals surface area contributed by atoms with Gasteiger partial charge >= 0.3 is 0 Å². The zero-order valence-corrected chi connectivity index (χ0v) is 17.3. The summed E-state index contributed by atoms with van der Waals surface area (Å²) in [6.45, 7) is 4.90. The molecule has 0 spiro atoms. The van der Waals surface area contributed by atoms with E-state index in [0.29, 0.717) is 29.5 Å². The largest absolute Gasteiger partial charge is 0.487 e. The van der Waals surface area contributed by atoms with E-state index in [2.05, 4.69) is 5.10 Å². The molecule has 0 bridgehead atoms. The van der Waals surface area contributed by atoms with Crippen molar-refractivity contribution in [2.24, 2.45) is 7.05 Å². The first-order valence-electron chi connectivity index (χ1n) is 9.06. The van der Waals surface area contributed by atoms with Crippen LogP contribution in [0.1, 0.15) is 32.7 Å². The molecule has 1 heterocycles. The van der Waals surface area contributed by atoms with Crippen LogP contribution in [0.5, 0.6) is 5.75 Å². The van der Waals surface area contributed by atoms with Crippen molar-refractivity contribution in [3.05, 3.63) is 81.6 Å². The minimum absolute atomic E-state index is 0.0301. The standard InChI is InChI=1S/C22H24ClN3O2/c1-15-5-10-20(23)21(11-15)28-14-17-6-8-18(9-7-17)22(27)25(3)13-19-12-24-26(4)16(19)2/h5-12H,13-14H2,1-4H3. The van der Waals surface area contributed by atoms with Gasteiger partial charge in [0.1, 0.15) is 12.4 Å². The Morgan fingerprint density at radius 2 is 1.89 bits per heavy atom. The van der Waals surface area contributed by atoms with Crippen molar-refractivity contribution in [3.8, 4) is 5.75 Å². The molecule has 0 unspecified atom stereocenters. The maximum Gasteiger partial charge on any atom is 0.253 e. The molecule has 0 aliphatic heterocycles. The summed E-state index contributed by atoms with van der Waals surface area (Å²) in [5.74, 6) is 0.630. The normalized spacial score (nSPS) is 10.8. The molecule has 6 heteroatoms. The van der Waals surface area contributed by atoms with Crippen LogP contribution in [0.15, 0.2) is 48.7 Å². The fourth-order valence-electron chi connectivity index (χ4n) is 2.87.